The van der Waals surface area contributed by atoms with E-state index in [4.69, 9.17) is 4.74 Å². The normalized spacial score (nSPS) is 13.5. The number of anilines is 1. The molecule has 1 atom stereocenters. The van der Waals surface area contributed by atoms with E-state index in [2.05, 4.69) is 30.9 Å². The Labute approximate surface area is 139 Å². The van der Waals surface area contributed by atoms with E-state index < -0.39 is 11.9 Å². The van der Waals surface area contributed by atoms with Crippen molar-refractivity contribution in [2.45, 2.75) is 26.1 Å². The fourth-order valence-corrected chi connectivity index (χ4v) is 1.78. The summed E-state index contributed by atoms with van der Waals surface area (Å²) in [5, 5.41) is 8.95. The number of methoxy groups -OCH3 is 1. The molecule has 136 valence electrons. The summed E-state index contributed by atoms with van der Waals surface area (Å²) in [6.45, 7) is 5.75. The van der Waals surface area contributed by atoms with Gasteiger partial charge in [-0.15, -0.1) is 0 Å². The van der Waals surface area contributed by atoms with Gasteiger partial charge in [0.2, 0.25) is 5.95 Å². The van der Waals surface area contributed by atoms with Crippen molar-refractivity contribution >= 4 is 11.9 Å². The number of aliphatic imine (C=N–C) groups is 1. The number of nitrogens with one attached hydrogen (secondary N) is 3. The largest absolute Gasteiger partial charge is 0.433 e. The molecule has 0 bridgehead atoms. The lowest BCUT2D eigenvalue weighted by Gasteiger charge is -2.17. The molecule has 1 aromatic rings. The standard InChI is InChI=1S/C14H23F3N6O/c1-4-18-12(22-10(2)9-24-3)20-7-8-21-13-19-6-5-11(23-13)14(15,16)17/h5-6,10H,4,7-9H2,1-3H3,(H2,18,20,22)(H,19,21,23). The zero-order valence-corrected chi connectivity index (χ0v) is 13.9. The van der Waals surface area contributed by atoms with Gasteiger partial charge in [0.1, 0.15) is 5.69 Å². The quantitative estimate of drug-likeness (QED) is 0.375. The van der Waals surface area contributed by atoms with Crippen LogP contribution < -0.4 is 16.0 Å². The van der Waals surface area contributed by atoms with Crippen molar-refractivity contribution in [3.05, 3.63) is 18.0 Å². The first-order valence-corrected chi connectivity index (χ1v) is 7.54. The minimum atomic E-state index is -4.49. The number of guanidine groups is 1. The highest BCUT2D eigenvalue weighted by atomic mass is 19.4. The minimum Gasteiger partial charge on any atom is -0.383 e. The van der Waals surface area contributed by atoms with E-state index in [1.54, 1.807) is 7.11 Å². The molecule has 1 heterocycles. The highest BCUT2D eigenvalue weighted by Gasteiger charge is 2.32. The smallest absolute Gasteiger partial charge is 0.383 e. The molecule has 1 unspecified atom stereocenters. The summed E-state index contributed by atoms with van der Waals surface area (Å²) >= 11 is 0. The molecule has 7 nitrogen and oxygen atoms in total. The molecule has 10 heteroatoms. The molecule has 0 amide bonds. The first-order valence-electron chi connectivity index (χ1n) is 7.54. The lowest BCUT2D eigenvalue weighted by molar-refractivity contribution is -0.141. The van der Waals surface area contributed by atoms with E-state index in [0.717, 1.165) is 12.3 Å². The summed E-state index contributed by atoms with van der Waals surface area (Å²) in [6.07, 6.45) is -3.42. The molecule has 24 heavy (non-hydrogen) atoms. The molecule has 0 aromatic carbocycles. The van der Waals surface area contributed by atoms with Crippen LogP contribution in [0.5, 0.6) is 0 Å². The van der Waals surface area contributed by atoms with Gasteiger partial charge in [0.25, 0.3) is 0 Å². The van der Waals surface area contributed by atoms with Crippen LogP contribution in [0.2, 0.25) is 0 Å². The van der Waals surface area contributed by atoms with Crippen molar-refractivity contribution < 1.29 is 17.9 Å². The van der Waals surface area contributed by atoms with Crippen LogP contribution in [0.1, 0.15) is 19.5 Å². The number of ether oxygens (including phenoxy) is 1. The Balaban J connectivity index is 2.52. The molecule has 3 N–H and O–H groups in total. The van der Waals surface area contributed by atoms with Gasteiger partial charge in [0.05, 0.1) is 13.2 Å². The Morgan fingerprint density at radius 3 is 2.79 bits per heavy atom. The third kappa shape index (κ3) is 7.44. The molecule has 0 aliphatic heterocycles. The second kappa shape index (κ2) is 9.91. The first kappa shape index (κ1) is 19.9. The van der Waals surface area contributed by atoms with E-state index >= 15 is 0 Å². The van der Waals surface area contributed by atoms with Gasteiger partial charge >= 0.3 is 6.18 Å². The van der Waals surface area contributed by atoms with Gasteiger partial charge in [-0.05, 0) is 19.9 Å². The van der Waals surface area contributed by atoms with Gasteiger partial charge in [-0.25, -0.2) is 9.97 Å². The summed E-state index contributed by atoms with van der Waals surface area (Å²) in [4.78, 5) is 11.5. The maximum absolute atomic E-state index is 12.6. The minimum absolute atomic E-state index is 0.0764. The summed E-state index contributed by atoms with van der Waals surface area (Å²) in [5.41, 5.74) is -0.980. The Morgan fingerprint density at radius 2 is 2.17 bits per heavy atom. The van der Waals surface area contributed by atoms with Crippen LogP contribution in [0, 0.1) is 0 Å². The molecular formula is C14H23F3N6O. The Morgan fingerprint density at radius 1 is 1.42 bits per heavy atom. The van der Waals surface area contributed by atoms with Crippen LogP contribution in [0.15, 0.2) is 17.3 Å². The lowest BCUT2D eigenvalue weighted by atomic mass is 10.4. The van der Waals surface area contributed by atoms with Gasteiger partial charge < -0.3 is 20.7 Å². The van der Waals surface area contributed by atoms with Gasteiger partial charge in [0, 0.05) is 32.4 Å². The lowest BCUT2D eigenvalue weighted by Crippen LogP contribution is -2.44. The molecule has 1 rings (SSSR count). The topological polar surface area (TPSA) is 83.5 Å². The van der Waals surface area contributed by atoms with E-state index in [-0.39, 0.29) is 12.0 Å². The first-order chi connectivity index (χ1) is 11.4. The number of aromatic nitrogens is 2. The van der Waals surface area contributed by atoms with Gasteiger partial charge in [-0.3, -0.25) is 4.99 Å². The van der Waals surface area contributed by atoms with Crippen molar-refractivity contribution in [1.29, 1.82) is 0 Å². The molecular weight excluding hydrogens is 325 g/mol. The van der Waals surface area contributed by atoms with E-state index in [9.17, 15) is 13.2 Å². The third-order valence-electron chi connectivity index (χ3n) is 2.75. The number of hydrogen-bond acceptors (Lipinski definition) is 5. The molecule has 0 aliphatic carbocycles. The Hall–Kier alpha value is -2.10. The number of alkyl halides is 3. The van der Waals surface area contributed by atoms with Crippen LogP contribution in [0.4, 0.5) is 19.1 Å². The maximum Gasteiger partial charge on any atom is 0.433 e. The highest BCUT2D eigenvalue weighted by molar-refractivity contribution is 5.80. The van der Waals surface area contributed by atoms with E-state index in [1.807, 2.05) is 13.8 Å². The molecule has 0 aliphatic rings. The zero-order valence-electron chi connectivity index (χ0n) is 13.9. The number of halogens is 3. The van der Waals surface area contributed by atoms with Crippen molar-refractivity contribution in [3.63, 3.8) is 0 Å². The summed E-state index contributed by atoms with van der Waals surface area (Å²) in [7, 11) is 1.61. The molecule has 0 saturated heterocycles. The monoisotopic (exact) mass is 348 g/mol. The Kier molecular flexibility index (Phi) is 8.24. The average Bonchev–Trinajstić information content (AvgIpc) is 2.51. The maximum atomic E-state index is 12.6. The molecule has 0 saturated carbocycles. The molecule has 1 aromatic heterocycles. The number of hydrogen-bond donors (Lipinski definition) is 3. The number of rotatable bonds is 8. The van der Waals surface area contributed by atoms with Gasteiger partial charge in [-0.2, -0.15) is 13.2 Å². The van der Waals surface area contributed by atoms with Crippen LogP contribution in [-0.4, -0.2) is 55.3 Å². The van der Waals surface area contributed by atoms with Crippen LogP contribution in [0.3, 0.4) is 0 Å². The fourth-order valence-electron chi connectivity index (χ4n) is 1.78. The Bertz CT molecular complexity index is 523. The average molecular weight is 348 g/mol. The van der Waals surface area contributed by atoms with Crippen molar-refractivity contribution in [2.75, 3.05) is 38.7 Å². The summed E-state index contributed by atoms with van der Waals surface area (Å²) in [6, 6.07) is 0.904. The second-order valence-electron chi connectivity index (χ2n) is 4.95. The predicted octanol–water partition coefficient (Wildman–Crippen LogP) is 1.50. The van der Waals surface area contributed by atoms with Crippen LogP contribution >= 0.6 is 0 Å². The van der Waals surface area contributed by atoms with Crippen molar-refractivity contribution in [3.8, 4) is 0 Å². The van der Waals surface area contributed by atoms with Crippen LogP contribution in [-0.2, 0) is 10.9 Å². The highest BCUT2D eigenvalue weighted by Crippen LogP contribution is 2.27. The van der Waals surface area contributed by atoms with Gasteiger partial charge in [0.15, 0.2) is 5.96 Å². The van der Waals surface area contributed by atoms with Crippen molar-refractivity contribution in [1.82, 2.24) is 20.6 Å². The summed E-state index contributed by atoms with van der Waals surface area (Å²) < 4.78 is 42.7. The van der Waals surface area contributed by atoms with Crippen molar-refractivity contribution in [2.24, 2.45) is 4.99 Å². The SMILES string of the molecule is CCNC(=NCCNc1nccc(C(F)(F)F)n1)NC(C)COC. The van der Waals surface area contributed by atoms with E-state index in [0.29, 0.717) is 32.2 Å². The predicted molar refractivity (Wildman–Crippen MR) is 86.0 cm³/mol. The second-order valence-corrected chi connectivity index (χ2v) is 4.95. The third-order valence-corrected chi connectivity index (χ3v) is 2.75. The summed E-state index contributed by atoms with van der Waals surface area (Å²) in [5.74, 6) is 0.527. The van der Waals surface area contributed by atoms with Gasteiger partial charge in [-0.1, -0.05) is 0 Å². The van der Waals surface area contributed by atoms with Crippen LogP contribution in [0.25, 0.3) is 0 Å². The molecule has 0 fully saturated rings. The molecule has 0 radical (unpaired) electrons. The van der Waals surface area contributed by atoms with E-state index in [1.165, 1.54) is 0 Å². The zero-order chi connectivity index (χ0) is 18.0. The number of nitrogens with zero attached hydrogens (tertiary/aromatic N) is 3. The molecule has 0 spiro atoms. The fraction of sp³-hybridized carbons (Fsp3) is 0.643.